The maximum Gasteiger partial charge on any atom is 0.224 e. The van der Waals surface area contributed by atoms with Crippen LogP contribution < -0.4 is 10.6 Å². The van der Waals surface area contributed by atoms with Gasteiger partial charge in [-0.2, -0.15) is 0 Å². The SMILES string of the molecule is CNCC(C)(C)Cc1ccc2c(c1)CCC(=O)N2. The van der Waals surface area contributed by atoms with Crippen molar-refractivity contribution in [2.45, 2.75) is 33.1 Å². The molecular formula is C15H22N2O. The summed E-state index contributed by atoms with van der Waals surface area (Å²) < 4.78 is 0. The molecule has 1 aliphatic heterocycles. The third-order valence-electron chi connectivity index (χ3n) is 3.40. The summed E-state index contributed by atoms with van der Waals surface area (Å²) in [5.41, 5.74) is 3.86. The summed E-state index contributed by atoms with van der Waals surface area (Å²) in [4.78, 5) is 11.3. The molecule has 0 saturated carbocycles. The van der Waals surface area contributed by atoms with Crippen LogP contribution in [0.25, 0.3) is 0 Å². The molecule has 1 aromatic carbocycles. The van der Waals surface area contributed by atoms with Crippen molar-refractivity contribution < 1.29 is 4.79 Å². The number of carbonyl (C=O) groups is 1. The van der Waals surface area contributed by atoms with Gasteiger partial charge in [-0.15, -0.1) is 0 Å². The molecule has 0 spiro atoms. The second-order valence-electron chi connectivity index (χ2n) is 5.91. The zero-order chi connectivity index (χ0) is 13.2. The van der Waals surface area contributed by atoms with Gasteiger partial charge < -0.3 is 10.6 Å². The van der Waals surface area contributed by atoms with Crippen LogP contribution in [0.3, 0.4) is 0 Å². The molecule has 18 heavy (non-hydrogen) atoms. The lowest BCUT2D eigenvalue weighted by molar-refractivity contribution is -0.116. The van der Waals surface area contributed by atoms with Gasteiger partial charge in [0, 0.05) is 18.7 Å². The molecule has 1 amide bonds. The number of nitrogens with one attached hydrogen (secondary N) is 2. The maximum atomic E-state index is 11.3. The minimum absolute atomic E-state index is 0.130. The Morgan fingerprint density at radius 3 is 2.83 bits per heavy atom. The molecule has 0 unspecified atom stereocenters. The van der Waals surface area contributed by atoms with Crippen molar-refractivity contribution in [1.29, 1.82) is 0 Å². The quantitative estimate of drug-likeness (QED) is 0.856. The number of amides is 1. The first-order valence-electron chi connectivity index (χ1n) is 6.56. The van der Waals surface area contributed by atoms with Gasteiger partial charge in [0.2, 0.25) is 5.91 Å². The number of anilines is 1. The van der Waals surface area contributed by atoms with E-state index in [1.54, 1.807) is 0 Å². The summed E-state index contributed by atoms with van der Waals surface area (Å²) in [6, 6.07) is 6.41. The van der Waals surface area contributed by atoms with E-state index in [9.17, 15) is 4.79 Å². The summed E-state index contributed by atoms with van der Waals surface area (Å²) in [6.07, 6.45) is 2.52. The Kier molecular flexibility index (Phi) is 3.71. The third kappa shape index (κ3) is 3.10. The molecule has 98 valence electrons. The van der Waals surface area contributed by atoms with E-state index in [0.29, 0.717) is 6.42 Å². The van der Waals surface area contributed by atoms with Crippen LogP contribution in [-0.4, -0.2) is 19.5 Å². The highest BCUT2D eigenvalue weighted by atomic mass is 16.1. The van der Waals surface area contributed by atoms with Gasteiger partial charge in [-0.3, -0.25) is 4.79 Å². The first-order valence-corrected chi connectivity index (χ1v) is 6.56. The van der Waals surface area contributed by atoms with Gasteiger partial charge in [0.05, 0.1) is 0 Å². The highest BCUT2D eigenvalue weighted by molar-refractivity contribution is 5.93. The van der Waals surface area contributed by atoms with Crippen LogP contribution in [-0.2, 0) is 17.6 Å². The molecule has 0 aromatic heterocycles. The van der Waals surface area contributed by atoms with Gasteiger partial charge in [-0.25, -0.2) is 0 Å². The number of benzene rings is 1. The van der Waals surface area contributed by atoms with Crippen molar-refractivity contribution in [3.05, 3.63) is 29.3 Å². The molecule has 2 N–H and O–H groups in total. The average Bonchev–Trinajstić information content (AvgIpc) is 2.28. The number of rotatable bonds is 4. The summed E-state index contributed by atoms with van der Waals surface area (Å²) in [5, 5.41) is 6.16. The molecule has 0 fully saturated rings. The predicted molar refractivity (Wildman–Crippen MR) is 74.8 cm³/mol. The van der Waals surface area contributed by atoms with E-state index in [-0.39, 0.29) is 11.3 Å². The fraction of sp³-hybridized carbons (Fsp3) is 0.533. The van der Waals surface area contributed by atoms with E-state index in [2.05, 4.69) is 36.6 Å². The summed E-state index contributed by atoms with van der Waals surface area (Å²) in [5.74, 6) is 0.130. The van der Waals surface area contributed by atoms with Crippen molar-refractivity contribution in [3.63, 3.8) is 0 Å². The summed E-state index contributed by atoms with van der Waals surface area (Å²) >= 11 is 0. The smallest absolute Gasteiger partial charge is 0.224 e. The van der Waals surface area contributed by atoms with Crippen molar-refractivity contribution in [3.8, 4) is 0 Å². The lowest BCUT2D eigenvalue weighted by atomic mass is 9.84. The second kappa shape index (κ2) is 5.11. The Labute approximate surface area is 109 Å². The van der Waals surface area contributed by atoms with Crippen LogP contribution >= 0.6 is 0 Å². The van der Waals surface area contributed by atoms with Gasteiger partial charge in [-0.1, -0.05) is 26.0 Å². The van der Waals surface area contributed by atoms with E-state index >= 15 is 0 Å². The van der Waals surface area contributed by atoms with Crippen molar-refractivity contribution in [2.75, 3.05) is 18.9 Å². The molecule has 1 heterocycles. The van der Waals surface area contributed by atoms with E-state index in [0.717, 1.165) is 25.1 Å². The molecule has 0 atom stereocenters. The highest BCUT2D eigenvalue weighted by Crippen LogP contribution is 2.27. The largest absolute Gasteiger partial charge is 0.326 e. The molecule has 1 aromatic rings. The summed E-state index contributed by atoms with van der Waals surface area (Å²) in [6.45, 7) is 5.54. The zero-order valence-electron chi connectivity index (χ0n) is 11.5. The van der Waals surface area contributed by atoms with Crippen LogP contribution in [0, 0.1) is 5.41 Å². The molecular weight excluding hydrogens is 224 g/mol. The first kappa shape index (κ1) is 13.1. The van der Waals surface area contributed by atoms with E-state index in [4.69, 9.17) is 0 Å². The molecule has 3 nitrogen and oxygen atoms in total. The monoisotopic (exact) mass is 246 g/mol. The van der Waals surface area contributed by atoms with E-state index < -0.39 is 0 Å². The van der Waals surface area contributed by atoms with Crippen LogP contribution in [0.2, 0.25) is 0 Å². The van der Waals surface area contributed by atoms with Crippen molar-refractivity contribution in [2.24, 2.45) is 5.41 Å². The molecule has 0 radical (unpaired) electrons. The number of hydrogen-bond donors (Lipinski definition) is 2. The Bertz CT molecular complexity index is 452. The minimum atomic E-state index is 0.130. The van der Waals surface area contributed by atoms with Gasteiger partial charge in [0.15, 0.2) is 0 Å². The average molecular weight is 246 g/mol. The maximum absolute atomic E-state index is 11.3. The Morgan fingerprint density at radius 1 is 1.33 bits per heavy atom. The Balaban J connectivity index is 2.14. The standard InChI is InChI=1S/C15H22N2O/c1-15(2,10-16-3)9-11-4-6-13-12(8-11)5-7-14(18)17-13/h4,6,8,16H,5,7,9-10H2,1-3H3,(H,17,18). The molecule has 1 aliphatic rings. The normalized spacial score (nSPS) is 15.2. The zero-order valence-corrected chi connectivity index (χ0v) is 11.5. The lowest BCUT2D eigenvalue weighted by Gasteiger charge is -2.25. The first-order chi connectivity index (χ1) is 8.50. The van der Waals surface area contributed by atoms with Crippen LogP contribution in [0.15, 0.2) is 18.2 Å². The van der Waals surface area contributed by atoms with E-state index in [1.165, 1.54) is 11.1 Å². The molecule has 0 bridgehead atoms. The number of carbonyl (C=O) groups excluding carboxylic acids is 1. The van der Waals surface area contributed by atoms with E-state index in [1.807, 2.05) is 13.1 Å². The third-order valence-corrected chi connectivity index (χ3v) is 3.40. The Hall–Kier alpha value is -1.35. The second-order valence-corrected chi connectivity index (χ2v) is 5.91. The molecule has 0 saturated heterocycles. The molecule has 2 rings (SSSR count). The van der Waals surface area contributed by atoms with Gasteiger partial charge >= 0.3 is 0 Å². The lowest BCUT2D eigenvalue weighted by Crippen LogP contribution is -2.28. The molecule has 0 aliphatic carbocycles. The van der Waals surface area contributed by atoms with Crippen LogP contribution in [0.4, 0.5) is 5.69 Å². The highest BCUT2D eigenvalue weighted by Gasteiger charge is 2.19. The molecule has 3 heteroatoms. The number of hydrogen-bond acceptors (Lipinski definition) is 2. The predicted octanol–water partition coefficient (Wildman–Crippen LogP) is 2.36. The van der Waals surface area contributed by atoms with Crippen molar-refractivity contribution >= 4 is 11.6 Å². The fourth-order valence-electron chi connectivity index (χ4n) is 2.64. The van der Waals surface area contributed by atoms with Crippen molar-refractivity contribution in [1.82, 2.24) is 5.32 Å². The van der Waals surface area contributed by atoms with Gasteiger partial charge in [-0.05, 0) is 42.5 Å². The van der Waals surface area contributed by atoms with Crippen LogP contribution in [0.5, 0.6) is 0 Å². The topological polar surface area (TPSA) is 41.1 Å². The minimum Gasteiger partial charge on any atom is -0.326 e. The fourth-order valence-corrected chi connectivity index (χ4v) is 2.64. The van der Waals surface area contributed by atoms with Gasteiger partial charge in [0.1, 0.15) is 0 Å². The number of aryl methyl sites for hydroxylation is 1. The summed E-state index contributed by atoms with van der Waals surface area (Å²) in [7, 11) is 1.99. The van der Waals surface area contributed by atoms with Gasteiger partial charge in [0.25, 0.3) is 0 Å². The number of fused-ring (bicyclic) bond motifs is 1. The Morgan fingerprint density at radius 2 is 2.11 bits per heavy atom. The van der Waals surface area contributed by atoms with Crippen LogP contribution in [0.1, 0.15) is 31.4 Å².